The Morgan fingerprint density at radius 1 is 1.15 bits per heavy atom. The normalized spacial score (nSPS) is 16.9. The summed E-state index contributed by atoms with van der Waals surface area (Å²) < 4.78 is 0. The molecule has 0 saturated carbocycles. The number of para-hydroxylation sites is 1. The Morgan fingerprint density at radius 3 is 2.45 bits per heavy atom. The average Bonchev–Trinajstić information content (AvgIpc) is 2.37. The summed E-state index contributed by atoms with van der Waals surface area (Å²) in [5.41, 5.74) is 1.84. The lowest BCUT2D eigenvalue weighted by molar-refractivity contribution is -0.131. The monoisotopic (exact) mass is 293 g/mol. The minimum atomic E-state index is -0.941. The predicted octanol–water partition coefficient (Wildman–Crippen LogP) is 4.21. The molecule has 1 saturated heterocycles. The number of carboxylic acid groups (broad SMARTS) is 1. The Hall–Kier alpha value is -1.48. The number of anilines is 1. The van der Waals surface area contributed by atoms with Crippen molar-refractivity contribution in [3.05, 3.63) is 34.9 Å². The van der Waals surface area contributed by atoms with Gasteiger partial charge < -0.3 is 10.0 Å². The van der Waals surface area contributed by atoms with E-state index in [2.05, 4.69) is 4.90 Å². The van der Waals surface area contributed by atoms with Gasteiger partial charge in [-0.2, -0.15) is 0 Å². The predicted molar refractivity (Wildman–Crippen MR) is 83.4 cm³/mol. The first-order valence-corrected chi connectivity index (χ1v) is 7.51. The van der Waals surface area contributed by atoms with E-state index in [-0.39, 0.29) is 0 Å². The van der Waals surface area contributed by atoms with Gasteiger partial charge >= 0.3 is 5.97 Å². The number of benzene rings is 1. The molecule has 108 valence electrons. The molecule has 1 aliphatic rings. The highest BCUT2D eigenvalue weighted by Crippen LogP contribution is 2.32. The van der Waals surface area contributed by atoms with Crippen molar-refractivity contribution in [1.82, 2.24) is 0 Å². The Bertz CT molecular complexity index is 491. The lowest BCUT2D eigenvalue weighted by atomic mass is 10.1. The van der Waals surface area contributed by atoms with E-state index >= 15 is 0 Å². The van der Waals surface area contributed by atoms with Crippen LogP contribution in [0.4, 0.5) is 5.69 Å². The molecule has 0 aliphatic carbocycles. The van der Waals surface area contributed by atoms with E-state index in [4.69, 9.17) is 16.7 Å². The van der Waals surface area contributed by atoms with Crippen molar-refractivity contribution < 1.29 is 9.90 Å². The second-order valence-electron chi connectivity index (χ2n) is 5.10. The molecule has 1 aromatic carbocycles. The molecule has 0 bridgehead atoms. The zero-order chi connectivity index (χ0) is 14.4. The summed E-state index contributed by atoms with van der Waals surface area (Å²) in [5.74, 6) is -0.941. The maximum Gasteiger partial charge on any atom is 0.328 e. The van der Waals surface area contributed by atoms with Crippen molar-refractivity contribution in [3.8, 4) is 0 Å². The quantitative estimate of drug-likeness (QED) is 0.849. The fourth-order valence-corrected chi connectivity index (χ4v) is 2.93. The van der Waals surface area contributed by atoms with Crippen molar-refractivity contribution in [1.29, 1.82) is 0 Å². The van der Waals surface area contributed by atoms with Gasteiger partial charge in [0.15, 0.2) is 0 Å². The third-order valence-electron chi connectivity index (χ3n) is 3.60. The van der Waals surface area contributed by atoms with E-state index in [1.807, 2.05) is 18.2 Å². The molecule has 0 amide bonds. The summed E-state index contributed by atoms with van der Waals surface area (Å²) in [6.07, 6.45) is 8.92. The number of carboxylic acids is 1. The van der Waals surface area contributed by atoms with Crippen molar-refractivity contribution in [2.24, 2.45) is 0 Å². The van der Waals surface area contributed by atoms with E-state index in [0.717, 1.165) is 37.2 Å². The van der Waals surface area contributed by atoms with E-state index in [1.54, 1.807) is 6.08 Å². The summed E-state index contributed by atoms with van der Waals surface area (Å²) in [4.78, 5) is 13.0. The molecule has 0 unspecified atom stereocenters. The number of halogens is 1. The number of nitrogens with zero attached hydrogens (tertiary/aromatic N) is 1. The molecule has 0 atom stereocenters. The molecular weight excluding hydrogens is 274 g/mol. The molecular formula is C16H20ClNO2. The molecule has 1 fully saturated rings. The average molecular weight is 294 g/mol. The maximum atomic E-state index is 10.7. The first-order chi connectivity index (χ1) is 9.68. The van der Waals surface area contributed by atoms with Crippen molar-refractivity contribution in [3.63, 3.8) is 0 Å². The van der Waals surface area contributed by atoms with Crippen LogP contribution in [-0.4, -0.2) is 24.2 Å². The van der Waals surface area contributed by atoms with Crippen LogP contribution < -0.4 is 4.90 Å². The van der Waals surface area contributed by atoms with Gasteiger partial charge in [-0.05, 0) is 30.5 Å². The molecule has 1 heterocycles. The summed E-state index contributed by atoms with van der Waals surface area (Å²) in [6, 6.07) is 5.64. The maximum absolute atomic E-state index is 10.7. The highest BCUT2D eigenvalue weighted by Gasteiger charge is 2.15. The van der Waals surface area contributed by atoms with Crippen LogP contribution in [-0.2, 0) is 4.79 Å². The molecule has 3 nitrogen and oxygen atoms in total. The highest BCUT2D eigenvalue weighted by molar-refractivity contribution is 6.33. The lowest BCUT2D eigenvalue weighted by Gasteiger charge is -2.29. The van der Waals surface area contributed by atoms with Crippen LogP contribution in [0, 0.1) is 0 Å². The lowest BCUT2D eigenvalue weighted by Crippen LogP contribution is -2.27. The van der Waals surface area contributed by atoms with Crippen LogP contribution in [0.25, 0.3) is 6.08 Å². The number of hydrogen-bond donors (Lipinski definition) is 1. The first-order valence-electron chi connectivity index (χ1n) is 7.13. The zero-order valence-corrected chi connectivity index (χ0v) is 12.3. The Morgan fingerprint density at radius 2 is 1.80 bits per heavy atom. The van der Waals surface area contributed by atoms with Crippen molar-refractivity contribution in [2.45, 2.75) is 32.1 Å². The van der Waals surface area contributed by atoms with Gasteiger partial charge in [0.25, 0.3) is 0 Å². The molecule has 0 aromatic heterocycles. The smallest absolute Gasteiger partial charge is 0.328 e. The Kier molecular flexibility index (Phi) is 5.48. The standard InChI is InChI=1S/C16H20ClNO2/c17-14-8-6-7-13(9-10-15(19)20)16(14)18-11-4-2-1-3-5-12-18/h6-10H,1-5,11-12H2,(H,19,20)/b10-9+. The van der Waals surface area contributed by atoms with Crippen molar-refractivity contribution in [2.75, 3.05) is 18.0 Å². The largest absolute Gasteiger partial charge is 0.478 e. The van der Waals surface area contributed by atoms with Gasteiger partial charge in [-0.15, -0.1) is 0 Å². The van der Waals surface area contributed by atoms with E-state index in [1.165, 1.54) is 25.3 Å². The Labute approximate surface area is 124 Å². The molecule has 1 aliphatic heterocycles. The number of aliphatic carboxylic acids is 1. The number of carbonyl (C=O) groups is 1. The zero-order valence-electron chi connectivity index (χ0n) is 11.5. The third kappa shape index (κ3) is 4.01. The van der Waals surface area contributed by atoms with Gasteiger partial charge in [-0.3, -0.25) is 0 Å². The molecule has 4 heteroatoms. The van der Waals surface area contributed by atoms with Crippen LogP contribution in [0.3, 0.4) is 0 Å². The first kappa shape index (κ1) is 14.9. The molecule has 0 spiro atoms. The minimum Gasteiger partial charge on any atom is -0.478 e. The van der Waals surface area contributed by atoms with Gasteiger partial charge in [0.05, 0.1) is 10.7 Å². The number of hydrogen-bond acceptors (Lipinski definition) is 2. The summed E-state index contributed by atoms with van der Waals surface area (Å²) >= 11 is 6.35. The van der Waals surface area contributed by atoms with Gasteiger partial charge in [-0.25, -0.2) is 4.79 Å². The molecule has 0 radical (unpaired) electrons. The van der Waals surface area contributed by atoms with Crippen LogP contribution >= 0.6 is 11.6 Å². The van der Waals surface area contributed by atoms with E-state index < -0.39 is 5.97 Å². The second kappa shape index (κ2) is 7.34. The van der Waals surface area contributed by atoms with Gasteiger partial charge in [0.1, 0.15) is 0 Å². The molecule has 2 rings (SSSR count). The minimum absolute atomic E-state index is 0.693. The summed E-state index contributed by atoms with van der Waals surface area (Å²) in [5, 5.41) is 9.49. The number of rotatable bonds is 3. The Balaban J connectivity index is 2.29. The van der Waals surface area contributed by atoms with Crippen LogP contribution in [0.5, 0.6) is 0 Å². The topological polar surface area (TPSA) is 40.5 Å². The van der Waals surface area contributed by atoms with E-state index in [9.17, 15) is 4.79 Å². The molecule has 1 N–H and O–H groups in total. The fraction of sp³-hybridized carbons (Fsp3) is 0.438. The molecule has 1 aromatic rings. The SMILES string of the molecule is O=C(O)/C=C/c1cccc(Cl)c1N1CCCCCCC1. The van der Waals surface area contributed by atoms with E-state index in [0.29, 0.717) is 5.02 Å². The van der Waals surface area contributed by atoms with Gasteiger partial charge in [-0.1, -0.05) is 43.0 Å². The van der Waals surface area contributed by atoms with Crippen molar-refractivity contribution >= 4 is 29.3 Å². The summed E-state index contributed by atoms with van der Waals surface area (Å²) in [7, 11) is 0. The summed E-state index contributed by atoms with van der Waals surface area (Å²) in [6.45, 7) is 1.97. The second-order valence-corrected chi connectivity index (χ2v) is 5.51. The van der Waals surface area contributed by atoms with Crippen LogP contribution in [0.2, 0.25) is 5.02 Å². The molecule has 20 heavy (non-hydrogen) atoms. The van der Waals surface area contributed by atoms with Crippen LogP contribution in [0.1, 0.15) is 37.7 Å². The van der Waals surface area contributed by atoms with Gasteiger partial charge in [0, 0.05) is 19.2 Å². The fourth-order valence-electron chi connectivity index (χ4n) is 2.63. The van der Waals surface area contributed by atoms with Crippen LogP contribution in [0.15, 0.2) is 24.3 Å². The third-order valence-corrected chi connectivity index (χ3v) is 3.90. The van der Waals surface area contributed by atoms with Gasteiger partial charge in [0.2, 0.25) is 0 Å². The highest BCUT2D eigenvalue weighted by atomic mass is 35.5.